The van der Waals surface area contributed by atoms with Crippen LogP contribution >= 0.6 is 0 Å². The number of alkyl halides is 3. The summed E-state index contributed by atoms with van der Waals surface area (Å²) < 4.78 is 38.9. The molecule has 2 aromatic carbocycles. The molecule has 1 atom stereocenters. The summed E-state index contributed by atoms with van der Waals surface area (Å²) in [6.45, 7) is 1.95. The van der Waals surface area contributed by atoms with Crippen LogP contribution in [0.25, 0.3) is 0 Å². The number of rotatable bonds is 6. The lowest BCUT2D eigenvalue weighted by molar-refractivity contribution is -0.137. The number of hydrazine groups is 1. The SMILES string of the molecule is CCCC(C(=O)NNc1ccccc1C(F)(F)F)c1ccccc1. The molecule has 0 aliphatic rings. The van der Waals surface area contributed by atoms with E-state index < -0.39 is 17.7 Å². The number of carbonyl (C=O) groups excluding carboxylic acids is 1. The Kier molecular flexibility index (Phi) is 5.84. The van der Waals surface area contributed by atoms with Gasteiger partial charge in [0.15, 0.2) is 0 Å². The van der Waals surface area contributed by atoms with Gasteiger partial charge in [-0.15, -0.1) is 0 Å². The Morgan fingerprint density at radius 1 is 1.04 bits per heavy atom. The van der Waals surface area contributed by atoms with Crippen molar-refractivity contribution in [2.75, 3.05) is 5.43 Å². The van der Waals surface area contributed by atoms with Gasteiger partial charge in [0.2, 0.25) is 5.91 Å². The van der Waals surface area contributed by atoms with Crippen LogP contribution in [0.5, 0.6) is 0 Å². The van der Waals surface area contributed by atoms with E-state index in [1.165, 1.54) is 18.2 Å². The lowest BCUT2D eigenvalue weighted by Crippen LogP contribution is -2.34. The van der Waals surface area contributed by atoms with E-state index >= 15 is 0 Å². The van der Waals surface area contributed by atoms with Gasteiger partial charge in [0.05, 0.1) is 17.2 Å². The van der Waals surface area contributed by atoms with Crippen molar-refractivity contribution in [2.24, 2.45) is 0 Å². The Bertz CT molecular complexity index is 671. The number of amides is 1. The minimum absolute atomic E-state index is 0.179. The number of nitrogens with one attached hydrogen (secondary N) is 2. The first kappa shape index (κ1) is 17.8. The molecule has 0 bridgehead atoms. The summed E-state index contributed by atoms with van der Waals surface area (Å²) in [5, 5.41) is 0. The van der Waals surface area contributed by atoms with Gasteiger partial charge in [0.25, 0.3) is 0 Å². The lowest BCUT2D eigenvalue weighted by atomic mass is 9.94. The number of benzene rings is 2. The molecule has 24 heavy (non-hydrogen) atoms. The molecule has 3 nitrogen and oxygen atoms in total. The van der Waals surface area contributed by atoms with Gasteiger partial charge in [-0.05, 0) is 24.1 Å². The summed E-state index contributed by atoms with van der Waals surface area (Å²) in [6, 6.07) is 14.2. The molecule has 0 aliphatic carbocycles. The second-order valence-electron chi connectivity index (χ2n) is 5.41. The fraction of sp³-hybridized carbons (Fsp3) is 0.278. The van der Waals surface area contributed by atoms with Crippen LogP contribution in [-0.4, -0.2) is 5.91 Å². The molecule has 1 unspecified atom stereocenters. The van der Waals surface area contributed by atoms with Gasteiger partial charge >= 0.3 is 6.18 Å². The smallest absolute Gasteiger partial charge is 0.298 e. The zero-order valence-corrected chi connectivity index (χ0v) is 13.2. The predicted molar refractivity (Wildman–Crippen MR) is 87.3 cm³/mol. The third kappa shape index (κ3) is 4.50. The van der Waals surface area contributed by atoms with Crippen molar-refractivity contribution in [2.45, 2.75) is 31.9 Å². The van der Waals surface area contributed by atoms with E-state index in [9.17, 15) is 18.0 Å². The van der Waals surface area contributed by atoms with Gasteiger partial charge in [-0.1, -0.05) is 55.8 Å². The van der Waals surface area contributed by atoms with Crippen molar-refractivity contribution >= 4 is 11.6 Å². The van der Waals surface area contributed by atoms with Crippen LogP contribution in [0.15, 0.2) is 54.6 Å². The molecule has 2 aromatic rings. The zero-order valence-electron chi connectivity index (χ0n) is 13.2. The van der Waals surface area contributed by atoms with Gasteiger partial charge < -0.3 is 0 Å². The van der Waals surface area contributed by atoms with Crippen molar-refractivity contribution in [3.05, 3.63) is 65.7 Å². The number of halogens is 3. The molecule has 0 saturated heterocycles. The molecule has 0 aliphatic heterocycles. The second-order valence-corrected chi connectivity index (χ2v) is 5.41. The number of hydrogen-bond donors (Lipinski definition) is 2. The first-order valence-electron chi connectivity index (χ1n) is 7.70. The summed E-state index contributed by atoms with van der Waals surface area (Å²) in [5.74, 6) is -0.776. The standard InChI is InChI=1S/C18H19F3N2O/c1-2-8-14(13-9-4-3-5-10-13)17(24)23-22-16-12-7-6-11-15(16)18(19,20)21/h3-7,9-12,14,22H,2,8H2,1H3,(H,23,24). The van der Waals surface area contributed by atoms with E-state index in [0.29, 0.717) is 6.42 Å². The molecule has 0 saturated carbocycles. The van der Waals surface area contributed by atoms with Gasteiger partial charge in [-0.3, -0.25) is 15.6 Å². The fourth-order valence-corrected chi connectivity index (χ4v) is 2.48. The highest BCUT2D eigenvalue weighted by Gasteiger charge is 2.33. The zero-order chi connectivity index (χ0) is 17.6. The van der Waals surface area contributed by atoms with Crippen LogP contribution in [0.4, 0.5) is 18.9 Å². The Morgan fingerprint density at radius 3 is 2.29 bits per heavy atom. The predicted octanol–water partition coefficient (Wildman–Crippen LogP) is 4.73. The molecule has 0 aromatic heterocycles. The monoisotopic (exact) mass is 336 g/mol. The Morgan fingerprint density at radius 2 is 1.67 bits per heavy atom. The van der Waals surface area contributed by atoms with E-state index in [2.05, 4.69) is 10.9 Å². The molecule has 0 radical (unpaired) electrons. The topological polar surface area (TPSA) is 41.1 Å². The van der Waals surface area contributed by atoms with Crippen molar-refractivity contribution < 1.29 is 18.0 Å². The molecule has 0 fully saturated rings. The molecular weight excluding hydrogens is 317 g/mol. The third-order valence-electron chi connectivity index (χ3n) is 3.65. The van der Waals surface area contributed by atoms with E-state index in [0.717, 1.165) is 18.1 Å². The molecular formula is C18H19F3N2O. The van der Waals surface area contributed by atoms with Crippen LogP contribution in [0.1, 0.15) is 36.8 Å². The van der Waals surface area contributed by atoms with Crippen molar-refractivity contribution in [1.82, 2.24) is 5.43 Å². The van der Waals surface area contributed by atoms with Gasteiger partial charge in [0, 0.05) is 0 Å². The second kappa shape index (κ2) is 7.86. The maximum absolute atomic E-state index is 13.0. The molecule has 2 N–H and O–H groups in total. The molecule has 128 valence electrons. The van der Waals surface area contributed by atoms with Crippen LogP contribution < -0.4 is 10.9 Å². The van der Waals surface area contributed by atoms with Crippen LogP contribution in [0.3, 0.4) is 0 Å². The molecule has 2 rings (SSSR count). The average molecular weight is 336 g/mol. The first-order chi connectivity index (χ1) is 11.4. The molecule has 1 amide bonds. The fourth-order valence-electron chi connectivity index (χ4n) is 2.48. The minimum atomic E-state index is -4.49. The molecule has 0 heterocycles. The third-order valence-corrected chi connectivity index (χ3v) is 3.65. The summed E-state index contributed by atoms with van der Waals surface area (Å²) in [7, 11) is 0. The highest BCUT2D eigenvalue weighted by atomic mass is 19.4. The lowest BCUT2D eigenvalue weighted by Gasteiger charge is -2.19. The number of carbonyl (C=O) groups is 1. The van der Waals surface area contributed by atoms with Crippen LogP contribution in [0, 0.1) is 0 Å². The Balaban J connectivity index is 2.12. The average Bonchev–Trinajstić information content (AvgIpc) is 2.58. The highest BCUT2D eigenvalue weighted by Crippen LogP contribution is 2.34. The molecule has 6 heteroatoms. The number of para-hydroxylation sites is 1. The summed E-state index contributed by atoms with van der Waals surface area (Å²) >= 11 is 0. The largest absolute Gasteiger partial charge is 0.418 e. The van der Waals surface area contributed by atoms with Crippen LogP contribution in [-0.2, 0) is 11.0 Å². The maximum atomic E-state index is 13.0. The van der Waals surface area contributed by atoms with Crippen molar-refractivity contribution in [3.8, 4) is 0 Å². The van der Waals surface area contributed by atoms with E-state index in [1.807, 2.05) is 37.3 Å². The normalized spacial score (nSPS) is 12.5. The maximum Gasteiger partial charge on any atom is 0.418 e. The van der Waals surface area contributed by atoms with E-state index in [4.69, 9.17) is 0 Å². The highest BCUT2D eigenvalue weighted by molar-refractivity contribution is 5.84. The van der Waals surface area contributed by atoms with Gasteiger partial charge in [-0.25, -0.2) is 0 Å². The molecule has 0 spiro atoms. The Hall–Kier alpha value is -2.50. The summed E-state index contributed by atoms with van der Waals surface area (Å²) in [5.41, 5.74) is 4.65. The Labute approximate surface area is 138 Å². The number of anilines is 1. The van der Waals surface area contributed by atoms with Crippen molar-refractivity contribution in [3.63, 3.8) is 0 Å². The van der Waals surface area contributed by atoms with Gasteiger partial charge in [-0.2, -0.15) is 13.2 Å². The summed E-state index contributed by atoms with van der Waals surface area (Å²) in [4.78, 5) is 12.4. The van der Waals surface area contributed by atoms with E-state index in [-0.39, 0.29) is 11.6 Å². The summed E-state index contributed by atoms with van der Waals surface area (Å²) in [6.07, 6.45) is -3.10. The quantitative estimate of drug-likeness (QED) is 0.749. The van der Waals surface area contributed by atoms with Gasteiger partial charge in [0.1, 0.15) is 0 Å². The minimum Gasteiger partial charge on any atom is -0.298 e. The van der Waals surface area contributed by atoms with Crippen LogP contribution in [0.2, 0.25) is 0 Å². The number of hydrogen-bond acceptors (Lipinski definition) is 2. The van der Waals surface area contributed by atoms with E-state index in [1.54, 1.807) is 0 Å². The first-order valence-corrected chi connectivity index (χ1v) is 7.70. The van der Waals surface area contributed by atoms with Crippen molar-refractivity contribution in [1.29, 1.82) is 0 Å².